The highest BCUT2D eigenvalue weighted by molar-refractivity contribution is 7.13. The summed E-state index contributed by atoms with van der Waals surface area (Å²) in [6.07, 6.45) is 0. The van der Waals surface area contributed by atoms with Crippen molar-refractivity contribution in [3.8, 4) is 22.2 Å². The van der Waals surface area contributed by atoms with Crippen LogP contribution in [0.1, 0.15) is 0 Å². The minimum Gasteiger partial charge on any atom is -0.334 e. The minimum atomic E-state index is -0.504. The molecule has 8 heteroatoms. The molecule has 0 N–H and O–H groups in total. The van der Waals surface area contributed by atoms with Gasteiger partial charge in [-0.3, -0.25) is 10.1 Å². The summed E-state index contributed by atoms with van der Waals surface area (Å²) in [4.78, 5) is 15.3. The number of nitrogens with zero attached hydrogens (tertiary/aromatic N) is 3. The Hall–Kier alpha value is -2.25. The van der Waals surface area contributed by atoms with Crippen LogP contribution in [0.15, 0.2) is 40.2 Å². The number of nitro benzene ring substituents is 1. The summed E-state index contributed by atoms with van der Waals surface area (Å²) in [7, 11) is 0. The van der Waals surface area contributed by atoms with E-state index in [0.717, 1.165) is 4.88 Å². The fourth-order valence-corrected chi connectivity index (χ4v) is 2.48. The summed E-state index contributed by atoms with van der Waals surface area (Å²) in [5.74, 6) is 0.583. The van der Waals surface area contributed by atoms with Crippen molar-refractivity contribution in [1.82, 2.24) is 10.1 Å². The molecule has 0 atom stereocenters. The lowest BCUT2D eigenvalue weighted by Crippen LogP contribution is -1.89. The zero-order valence-corrected chi connectivity index (χ0v) is 11.4. The van der Waals surface area contributed by atoms with Crippen molar-refractivity contribution in [3.05, 3.63) is 50.8 Å². The summed E-state index contributed by atoms with van der Waals surface area (Å²) in [6.45, 7) is 0. The Morgan fingerprint density at radius 2 is 2.20 bits per heavy atom. The molecule has 1 aromatic carbocycles. The lowest BCUT2D eigenvalue weighted by atomic mass is 10.2. The summed E-state index contributed by atoms with van der Waals surface area (Å²) < 4.78 is 5.13. The third-order valence-corrected chi connectivity index (χ3v) is 3.75. The average molecular weight is 308 g/mol. The molecule has 0 amide bonds. The van der Waals surface area contributed by atoms with Gasteiger partial charge in [0, 0.05) is 12.1 Å². The van der Waals surface area contributed by atoms with Crippen LogP contribution in [-0.4, -0.2) is 15.1 Å². The van der Waals surface area contributed by atoms with Gasteiger partial charge in [-0.1, -0.05) is 22.8 Å². The fraction of sp³-hybridized carbons (Fsp3) is 0. The van der Waals surface area contributed by atoms with Gasteiger partial charge in [0.05, 0.1) is 20.4 Å². The number of aromatic nitrogens is 2. The smallest absolute Gasteiger partial charge is 0.270 e. The zero-order chi connectivity index (χ0) is 14.1. The molecular formula is C12H6ClN3O3S. The third-order valence-electron chi connectivity index (χ3n) is 2.56. The van der Waals surface area contributed by atoms with Crippen LogP contribution in [0.2, 0.25) is 5.02 Å². The van der Waals surface area contributed by atoms with Crippen LogP contribution >= 0.6 is 22.9 Å². The van der Waals surface area contributed by atoms with Crippen molar-refractivity contribution in [2.45, 2.75) is 0 Å². The van der Waals surface area contributed by atoms with E-state index >= 15 is 0 Å². The van der Waals surface area contributed by atoms with Gasteiger partial charge in [-0.25, -0.2) is 0 Å². The van der Waals surface area contributed by atoms with Crippen molar-refractivity contribution in [2.24, 2.45) is 0 Å². The molecule has 0 fully saturated rings. The highest BCUT2D eigenvalue weighted by atomic mass is 35.5. The van der Waals surface area contributed by atoms with Crippen LogP contribution in [0.25, 0.3) is 22.2 Å². The standard InChI is InChI=1S/C12H6ClN3O3S/c13-9-4-3-7(16(17)18)6-8(9)12-14-11(15-19-12)10-2-1-5-20-10/h1-6H. The van der Waals surface area contributed by atoms with Gasteiger partial charge in [0.1, 0.15) is 0 Å². The Balaban J connectivity index is 2.05. The highest BCUT2D eigenvalue weighted by Gasteiger charge is 2.17. The van der Waals surface area contributed by atoms with E-state index in [0.29, 0.717) is 16.4 Å². The number of nitro groups is 1. The van der Waals surface area contributed by atoms with Gasteiger partial charge in [0.15, 0.2) is 0 Å². The summed E-state index contributed by atoms with van der Waals surface area (Å²) in [6, 6.07) is 7.80. The van der Waals surface area contributed by atoms with Crippen molar-refractivity contribution >= 4 is 28.6 Å². The van der Waals surface area contributed by atoms with Crippen molar-refractivity contribution in [1.29, 1.82) is 0 Å². The number of rotatable bonds is 3. The molecule has 0 spiro atoms. The second kappa shape index (κ2) is 5.03. The van der Waals surface area contributed by atoms with Crippen LogP contribution in [0.5, 0.6) is 0 Å². The van der Waals surface area contributed by atoms with E-state index in [-0.39, 0.29) is 11.6 Å². The van der Waals surface area contributed by atoms with E-state index in [9.17, 15) is 10.1 Å². The first kappa shape index (κ1) is 12.8. The Morgan fingerprint density at radius 3 is 2.90 bits per heavy atom. The third kappa shape index (κ3) is 2.28. The van der Waals surface area contributed by atoms with E-state index in [1.54, 1.807) is 0 Å². The maximum atomic E-state index is 10.8. The maximum absolute atomic E-state index is 10.8. The zero-order valence-electron chi connectivity index (χ0n) is 9.82. The normalized spacial score (nSPS) is 10.7. The van der Waals surface area contributed by atoms with Gasteiger partial charge in [-0.2, -0.15) is 4.98 Å². The molecule has 20 heavy (non-hydrogen) atoms. The monoisotopic (exact) mass is 307 g/mol. The highest BCUT2D eigenvalue weighted by Crippen LogP contribution is 2.32. The Morgan fingerprint density at radius 1 is 1.35 bits per heavy atom. The lowest BCUT2D eigenvalue weighted by molar-refractivity contribution is -0.384. The molecule has 0 aliphatic carbocycles. The van der Waals surface area contributed by atoms with Gasteiger partial charge in [-0.15, -0.1) is 11.3 Å². The number of halogens is 1. The molecule has 6 nitrogen and oxygen atoms in total. The lowest BCUT2D eigenvalue weighted by Gasteiger charge is -1.98. The van der Waals surface area contributed by atoms with Crippen LogP contribution in [-0.2, 0) is 0 Å². The molecule has 2 heterocycles. The van der Waals surface area contributed by atoms with E-state index in [1.807, 2.05) is 17.5 Å². The molecule has 0 saturated heterocycles. The summed E-state index contributed by atoms with van der Waals surface area (Å²) in [5.41, 5.74) is 0.261. The molecule has 0 unspecified atom stereocenters. The number of non-ortho nitro benzene ring substituents is 1. The quantitative estimate of drug-likeness (QED) is 0.539. The van der Waals surface area contributed by atoms with Crippen LogP contribution in [0.4, 0.5) is 5.69 Å². The van der Waals surface area contributed by atoms with E-state index < -0.39 is 4.92 Å². The van der Waals surface area contributed by atoms with Gasteiger partial charge >= 0.3 is 0 Å². The van der Waals surface area contributed by atoms with Crippen molar-refractivity contribution in [2.75, 3.05) is 0 Å². The predicted molar refractivity (Wildman–Crippen MR) is 74.7 cm³/mol. The topological polar surface area (TPSA) is 82.1 Å². The van der Waals surface area contributed by atoms with Crippen LogP contribution < -0.4 is 0 Å². The number of benzene rings is 1. The number of thiophene rings is 1. The second-order valence-corrected chi connectivity index (χ2v) is 5.18. The molecule has 0 radical (unpaired) electrons. The number of hydrogen-bond donors (Lipinski definition) is 0. The van der Waals surface area contributed by atoms with Crippen molar-refractivity contribution in [3.63, 3.8) is 0 Å². The maximum Gasteiger partial charge on any atom is 0.270 e. The molecule has 0 aliphatic heterocycles. The molecular weight excluding hydrogens is 302 g/mol. The summed E-state index contributed by atoms with van der Waals surface area (Å²) >= 11 is 7.49. The first-order valence-corrected chi connectivity index (χ1v) is 6.73. The Bertz CT molecular complexity index is 770. The largest absolute Gasteiger partial charge is 0.334 e. The van der Waals surface area contributed by atoms with Crippen LogP contribution in [0.3, 0.4) is 0 Å². The molecule has 2 aromatic heterocycles. The Kier molecular flexibility index (Phi) is 3.21. The molecule has 0 bridgehead atoms. The van der Waals surface area contributed by atoms with E-state index in [2.05, 4.69) is 10.1 Å². The van der Waals surface area contributed by atoms with Gasteiger partial charge in [-0.05, 0) is 17.5 Å². The first-order valence-electron chi connectivity index (χ1n) is 5.47. The molecule has 3 rings (SSSR count). The molecule has 0 saturated carbocycles. The Labute approximate surface area is 121 Å². The van der Waals surface area contributed by atoms with Gasteiger partial charge in [0.25, 0.3) is 11.6 Å². The number of hydrogen-bond acceptors (Lipinski definition) is 6. The minimum absolute atomic E-state index is 0.0831. The predicted octanol–water partition coefficient (Wildman–Crippen LogP) is 4.03. The SMILES string of the molecule is O=[N+]([O-])c1ccc(Cl)c(-c2nc(-c3cccs3)no2)c1. The summed E-state index contributed by atoms with van der Waals surface area (Å²) in [5, 5.41) is 16.8. The van der Waals surface area contributed by atoms with Crippen molar-refractivity contribution < 1.29 is 9.45 Å². The average Bonchev–Trinajstić information content (AvgIpc) is 3.10. The van der Waals surface area contributed by atoms with Gasteiger partial charge in [0.2, 0.25) is 5.82 Å². The second-order valence-electron chi connectivity index (χ2n) is 3.82. The van der Waals surface area contributed by atoms with Crippen LogP contribution in [0, 0.1) is 10.1 Å². The fourth-order valence-electron chi connectivity index (χ4n) is 1.63. The van der Waals surface area contributed by atoms with E-state index in [4.69, 9.17) is 16.1 Å². The first-order chi connectivity index (χ1) is 9.65. The van der Waals surface area contributed by atoms with E-state index in [1.165, 1.54) is 29.5 Å². The molecule has 100 valence electrons. The molecule has 0 aliphatic rings. The van der Waals surface area contributed by atoms with Gasteiger partial charge < -0.3 is 4.52 Å². The molecule has 3 aromatic rings.